The molecule has 0 unspecified atom stereocenters. The van der Waals surface area contributed by atoms with Crippen LogP contribution in [0.3, 0.4) is 0 Å². The minimum atomic E-state index is -3.75. The van der Waals surface area contributed by atoms with Gasteiger partial charge in [-0.25, -0.2) is 13.1 Å². The topological polar surface area (TPSA) is 81.5 Å². The van der Waals surface area contributed by atoms with Crippen molar-refractivity contribution < 1.29 is 17.9 Å². The zero-order chi connectivity index (χ0) is 19.6. The van der Waals surface area contributed by atoms with Crippen LogP contribution in [0.25, 0.3) is 5.69 Å². The Bertz CT molecular complexity index is 922. The van der Waals surface area contributed by atoms with Gasteiger partial charge in [0.1, 0.15) is 4.90 Å². The van der Waals surface area contributed by atoms with Gasteiger partial charge in [-0.15, -0.1) is 0 Å². The van der Waals surface area contributed by atoms with E-state index in [9.17, 15) is 13.2 Å². The van der Waals surface area contributed by atoms with E-state index < -0.39 is 15.9 Å². The normalized spacial score (nSPS) is 18.4. The Morgan fingerprint density at radius 2 is 1.96 bits per heavy atom. The number of piperidine rings is 1. The Morgan fingerprint density at radius 1 is 1.26 bits per heavy atom. The number of rotatable bonds is 5. The quantitative estimate of drug-likeness (QED) is 0.732. The predicted molar refractivity (Wildman–Crippen MR) is 101 cm³/mol. The van der Waals surface area contributed by atoms with Gasteiger partial charge in [-0.1, -0.05) is 18.2 Å². The van der Waals surface area contributed by atoms with Crippen LogP contribution in [-0.2, 0) is 19.6 Å². The number of aromatic nitrogens is 2. The molecule has 1 aromatic carbocycles. The fourth-order valence-electron chi connectivity index (χ4n) is 3.56. The van der Waals surface area contributed by atoms with E-state index in [1.54, 1.807) is 25.5 Å². The molecule has 0 saturated carbocycles. The summed E-state index contributed by atoms with van der Waals surface area (Å²) in [6.07, 6.45) is 1.28. The highest BCUT2D eigenvalue weighted by molar-refractivity contribution is 7.89. The molecule has 0 N–H and O–H groups in total. The van der Waals surface area contributed by atoms with Crippen LogP contribution < -0.4 is 0 Å². The SMILES string of the molecule is CCOC(=O)[C@H]1CCCN(S(=O)(=O)c2c(C)nn(-c3ccccc3)c2C)C1. The van der Waals surface area contributed by atoms with E-state index in [0.717, 1.165) is 5.69 Å². The molecule has 1 aromatic heterocycles. The van der Waals surface area contributed by atoms with Crippen molar-refractivity contribution >= 4 is 16.0 Å². The lowest BCUT2D eigenvalue weighted by Crippen LogP contribution is -2.43. The van der Waals surface area contributed by atoms with Crippen LogP contribution in [0.5, 0.6) is 0 Å². The average molecular weight is 391 g/mol. The number of benzene rings is 1. The fraction of sp³-hybridized carbons (Fsp3) is 0.474. The zero-order valence-electron chi connectivity index (χ0n) is 15.9. The molecule has 1 aliphatic heterocycles. The van der Waals surface area contributed by atoms with Crippen molar-refractivity contribution in [1.29, 1.82) is 0 Å². The second-order valence-electron chi connectivity index (χ2n) is 6.70. The first kappa shape index (κ1) is 19.6. The van der Waals surface area contributed by atoms with Crippen LogP contribution in [0.4, 0.5) is 0 Å². The monoisotopic (exact) mass is 391 g/mol. The summed E-state index contributed by atoms with van der Waals surface area (Å²) in [5.41, 5.74) is 1.83. The predicted octanol–water partition coefficient (Wildman–Crippen LogP) is 2.45. The number of sulfonamides is 1. The summed E-state index contributed by atoms with van der Waals surface area (Å²) in [6.45, 7) is 6.05. The first-order chi connectivity index (χ1) is 12.9. The molecular weight excluding hydrogens is 366 g/mol. The molecule has 3 rings (SSSR count). The molecule has 8 heteroatoms. The van der Waals surface area contributed by atoms with Crippen molar-refractivity contribution in [3.05, 3.63) is 41.7 Å². The summed E-state index contributed by atoms with van der Waals surface area (Å²) in [5, 5.41) is 4.44. The highest BCUT2D eigenvalue weighted by atomic mass is 32.2. The molecule has 1 fully saturated rings. The van der Waals surface area contributed by atoms with Gasteiger partial charge in [0.2, 0.25) is 10.0 Å². The number of hydrogen-bond acceptors (Lipinski definition) is 5. The number of carbonyl (C=O) groups excluding carboxylic acids is 1. The second kappa shape index (κ2) is 7.82. The van der Waals surface area contributed by atoms with Gasteiger partial charge in [-0.2, -0.15) is 9.40 Å². The number of nitrogens with zero attached hydrogens (tertiary/aromatic N) is 3. The summed E-state index contributed by atoms with van der Waals surface area (Å²) in [5.74, 6) is -0.746. The Morgan fingerprint density at radius 3 is 2.63 bits per heavy atom. The second-order valence-corrected chi connectivity index (χ2v) is 8.58. The van der Waals surface area contributed by atoms with Gasteiger partial charge >= 0.3 is 5.97 Å². The van der Waals surface area contributed by atoms with Crippen molar-refractivity contribution in [2.45, 2.75) is 38.5 Å². The van der Waals surface area contributed by atoms with Crippen LogP contribution in [0.1, 0.15) is 31.2 Å². The fourth-order valence-corrected chi connectivity index (χ4v) is 5.44. The lowest BCUT2D eigenvalue weighted by atomic mass is 10.0. The summed E-state index contributed by atoms with van der Waals surface area (Å²) in [6, 6.07) is 9.43. The maximum Gasteiger partial charge on any atom is 0.310 e. The van der Waals surface area contributed by atoms with Crippen LogP contribution >= 0.6 is 0 Å². The highest BCUT2D eigenvalue weighted by Crippen LogP contribution is 2.29. The number of ether oxygens (including phenoxy) is 1. The lowest BCUT2D eigenvalue weighted by Gasteiger charge is -2.30. The summed E-state index contributed by atoms with van der Waals surface area (Å²) >= 11 is 0. The van der Waals surface area contributed by atoms with E-state index in [1.165, 1.54) is 4.31 Å². The molecule has 0 bridgehead atoms. The maximum absolute atomic E-state index is 13.3. The van der Waals surface area contributed by atoms with Crippen molar-refractivity contribution in [2.75, 3.05) is 19.7 Å². The molecule has 0 radical (unpaired) electrons. The summed E-state index contributed by atoms with van der Waals surface area (Å²) in [7, 11) is -3.75. The Hall–Kier alpha value is -2.19. The molecule has 2 heterocycles. The van der Waals surface area contributed by atoms with E-state index in [-0.39, 0.29) is 17.4 Å². The van der Waals surface area contributed by atoms with E-state index in [4.69, 9.17) is 4.74 Å². The maximum atomic E-state index is 13.3. The molecule has 1 saturated heterocycles. The number of carbonyl (C=O) groups is 1. The van der Waals surface area contributed by atoms with Crippen molar-refractivity contribution in [3.8, 4) is 5.69 Å². The summed E-state index contributed by atoms with van der Waals surface area (Å²) in [4.78, 5) is 12.3. The molecule has 27 heavy (non-hydrogen) atoms. The van der Waals surface area contributed by atoms with E-state index in [1.807, 2.05) is 30.3 Å². The lowest BCUT2D eigenvalue weighted by molar-refractivity contribution is -0.149. The third-order valence-electron chi connectivity index (χ3n) is 4.83. The molecular formula is C19H25N3O4S. The minimum Gasteiger partial charge on any atom is -0.466 e. The van der Waals surface area contributed by atoms with Gasteiger partial charge in [0.15, 0.2) is 0 Å². The number of hydrogen-bond donors (Lipinski definition) is 0. The van der Waals surface area contributed by atoms with E-state index in [0.29, 0.717) is 37.4 Å². The molecule has 0 aliphatic carbocycles. The van der Waals surface area contributed by atoms with Crippen molar-refractivity contribution in [2.24, 2.45) is 5.92 Å². The third kappa shape index (κ3) is 3.77. The standard InChI is InChI=1S/C19H25N3O4S/c1-4-26-19(23)16-9-8-12-21(13-16)27(24,25)18-14(2)20-22(15(18)3)17-10-6-5-7-11-17/h5-7,10-11,16H,4,8-9,12-13H2,1-3H3/t16-/m0/s1. The van der Waals surface area contributed by atoms with Crippen molar-refractivity contribution in [1.82, 2.24) is 14.1 Å². The summed E-state index contributed by atoms with van der Waals surface area (Å²) < 4.78 is 34.8. The highest BCUT2D eigenvalue weighted by Gasteiger charge is 2.37. The molecule has 0 spiro atoms. The van der Waals surface area contributed by atoms with Gasteiger partial charge < -0.3 is 4.74 Å². The average Bonchev–Trinajstić information content (AvgIpc) is 2.97. The van der Waals surface area contributed by atoms with Crippen LogP contribution in [0.15, 0.2) is 35.2 Å². The van der Waals surface area contributed by atoms with Crippen LogP contribution in [0.2, 0.25) is 0 Å². The largest absolute Gasteiger partial charge is 0.466 e. The van der Waals surface area contributed by atoms with E-state index in [2.05, 4.69) is 5.10 Å². The minimum absolute atomic E-state index is 0.149. The molecule has 1 aliphatic rings. The number of aryl methyl sites for hydroxylation is 1. The van der Waals surface area contributed by atoms with Crippen LogP contribution in [0, 0.1) is 19.8 Å². The first-order valence-corrected chi connectivity index (χ1v) is 10.6. The Balaban J connectivity index is 1.93. The van der Waals surface area contributed by atoms with Gasteiger partial charge in [0.25, 0.3) is 0 Å². The van der Waals surface area contributed by atoms with Crippen molar-refractivity contribution in [3.63, 3.8) is 0 Å². The third-order valence-corrected chi connectivity index (χ3v) is 6.95. The van der Waals surface area contributed by atoms with Gasteiger partial charge in [0, 0.05) is 13.1 Å². The number of esters is 1. The first-order valence-electron chi connectivity index (χ1n) is 9.14. The molecule has 2 aromatic rings. The van der Waals surface area contributed by atoms with Gasteiger partial charge in [-0.3, -0.25) is 4.79 Å². The van der Waals surface area contributed by atoms with E-state index >= 15 is 0 Å². The molecule has 0 amide bonds. The zero-order valence-corrected chi connectivity index (χ0v) is 16.7. The van der Waals surface area contributed by atoms with Crippen LogP contribution in [-0.4, -0.2) is 48.2 Å². The number of para-hydroxylation sites is 1. The van der Waals surface area contributed by atoms with Gasteiger partial charge in [-0.05, 0) is 45.7 Å². The molecule has 1 atom stereocenters. The molecule has 146 valence electrons. The van der Waals surface area contributed by atoms with Gasteiger partial charge in [0.05, 0.1) is 29.6 Å². The Labute approximate surface area is 160 Å². The smallest absolute Gasteiger partial charge is 0.310 e. The Kier molecular flexibility index (Phi) is 5.67. The molecule has 7 nitrogen and oxygen atoms in total.